The minimum absolute atomic E-state index is 0.247. The fraction of sp³-hybridized carbons (Fsp3) is 0.533. The maximum atomic E-state index is 11.2. The molecule has 0 spiro atoms. The highest BCUT2D eigenvalue weighted by Crippen LogP contribution is 2.22. The molecule has 0 saturated carbocycles. The second-order valence-corrected chi connectivity index (χ2v) is 5.14. The summed E-state index contributed by atoms with van der Waals surface area (Å²) >= 11 is 0. The normalized spacial score (nSPS) is 21.3. The number of methoxy groups -OCH3 is 1. The Morgan fingerprint density at radius 2 is 2.16 bits per heavy atom. The van der Waals surface area contributed by atoms with Crippen LogP contribution in [0.2, 0.25) is 0 Å². The summed E-state index contributed by atoms with van der Waals surface area (Å²) in [6.07, 6.45) is 2.61. The molecule has 1 aromatic rings. The number of carbonyl (C=O) groups is 1. The van der Waals surface area contributed by atoms with E-state index in [1.54, 1.807) is 7.11 Å². The number of hydrogen-bond acceptors (Lipinski definition) is 3. The molecule has 1 saturated heterocycles. The zero-order valence-corrected chi connectivity index (χ0v) is 11.5. The lowest BCUT2D eigenvalue weighted by Crippen LogP contribution is -2.42. The summed E-state index contributed by atoms with van der Waals surface area (Å²) in [7, 11) is 1.65. The van der Waals surface area contributed by atoms with E-state index in [-0.39, 0.29) is 12.1 Å². The molecule has 0 aromatic heterocycles. The number of carboxylic acid groups (broad SMARTS) is 1. The first-order valence-electron chi connectivity index (χ1n) is 6.73. The lowest BCUT2D eigenvalue weighted by atomic mass is 10.0. The fourth-order valence-corrected chi connectivity index (χ4v) is 2.80. The van der Waals surface area contributed by atoms with Crippen molar-refractivity contribution in [1.29, 1.82) is 0 Å². The molecule has 0 amide bonds. The molecule has 1 fully saturated rings. The van der Waals surface area contributed by atoms with Crippen molar-refractivity contribution in [2.24, 2.45) is 0 Å². The van der Waals surface area contributed by atoms with Crippen molar-refractivity contribution in [3.8, 4) is 5.75 Å². The van der Waals surface area contributed by atoms with Gasteiger partial charge in [-0.2, -0.15) is 0 Å². The quantitative estimate of drug-likeness (QED) is 0.884. The Bertz CT molecular complexity index is 430. The first-order chi connectivity index (χ1) is 9.11. The SMILES string of the molecule is COc1ccc(CC(C)N2CCCC2C(=O)O)cc1. The van der Waals surface area contributed by atoms with E-state index in [0.29, 0.717) is 0 Å². The topological polar surface area (TPSA) is 49.8 Å². The molecule has 4 heteroatoms. The Kier molecular flexibility index (Phi) is 4.43. The summed E-state index contributed by atoms with van der Waals surface area (Å²) in [5.41, 5.74) is 1.21. The van der Waals surface area contributed by atoms with E-state index < -0.39 is 5.97 Å². The van der Waals surface area contributed by atoms with Gasteiger partial charge < -0.3 is 9.84 Å². The van der Waals surface area contributed by atoms with Gasteiger partial charge in [0.25, 0.3) is 0 Å². The third-order valence-corrected chi connectivity index (χ3v) is 3.84. The second kappa shape index (κ2) is 6.06. The number of hydrogen-bond donors (Lipinski definition) is 1. The van der Waals surface area contributed by atoms with E-state index in [9.17, 15) is 9.90 Å². The summed E-state index contributed by atoms with van der Waals surface area (Å²) in [6.45, 7) is 2.99. The first-order valence-corrected chi connectivity index (χ1v) is 6.73. The Morgan fingerprint density at radius 3 is 2.74 bits per heavy atom. The molecule has 2 rings (SSSR count). The average Bonchev–Trinajstić information content (AvgIpc) is 2.89. The van der Waals surface area contributed by atoms with Crippen LogP contribution < -0.4 is 4.74 Å². The van der Waals surface area contributed by atoms with Crippen molar-refractivity contribution in [3.05, 3.63) is 29.8 Å². The van der Waals surface area contributed by atoms with Crippen molar-refractivity contribution in [2.45, 2.75) is 38.3 Å². The van der Waals surface area contributed by atoms with Gasteiger partial charge in [0.15, 0.2) is 0 Å². The lowest BCUT2D eigenvalue weighted by molar-refractivity contribution is -0.142. The van der Waals surface area contributed by atoms with Gasteiger partial charge in [0.05, 0.1) is 7.11 Å². The monoisotopic (exact) mass is 263 g/mol. The van der Waals surface area contributed by atoms with Gasteiger partial charge in [0.2, 0.25) is 0 Å². The van der Waals surface area contributed by atoms with Crippen LogP contribution in [0, 0.1) is 0 Å². The van der Waals surface area contributed by atoms with Gasteiger partial charge in [0, 0.05) is 6.04 Å². The third kappa shape index (κ3) is 3.26. The van der Waals surface area contributed by atoms with Gasteiger partial charge in [0.1, 0.15) is 11.8 Å². The highest BCUT2D eigenvalue weighted by atomic mass is 16.5. The van der Waals surface area contributed by atoms with Crippen LogP contribution in [0.15, 0.2) is 24.3 Å². The number of carboxylic acids is 1. The predicted molar refractivity (Wildman–Crippen MR) is 73.5 cm³/mol. The van der Waals surface area contributed by atoms with Crippen LogP contribution in [0.25, 0.3) is 0 Å². The molecule has 1 aliphatic heterocycles. The van der Waals surface area contributed by atoms with Crippen LogP contribution in [0.3, 0.4) is 0 Å². The Morgan fingerprint density at radius 1 is 1.47 bits per heavy atom. The smallest absolute Gasteiger partial charge is 0.320 e. The molecule has 0 bridgehead atoms. The van der Waals surface area contributed by atoms with Crippen LogP contribution in [0.4, 0.5) is 0 Å². The molecular formula is C15H21NO3. The molecule has 4 nitrogen and oxygen atoms in total. The van der Waals surface area contributed by atoms with E-state index >= 15 is 0 Å². The first kappa shape index (κ1) is 13.9. The lowest BCUT2D eigenvalue weighted by Gasteiger charge is -2.28. The largest absolute Gasteiger partial charge is 0.497 e. The van der Waals surface area contributed by atoms with Gasteiger partial charge >= 0.3 is 5.97 Å². The van der Waals surface area contributed by atoms with Crippen molar-refractivity contribution >= 4 is 5.97 Å². The Balaban J connectivity index is 1.99. The van der Waals surface area contributed by atoms with Gasteiger partial charge in [-0.25, -0.2) is 0 Å². The highest BCUT2D eigenvalue weighted by molar-refractivity contribution is 5.73. The summed E-state index contributed by atoms with van der Waals surface area (Å²) in [4.78, 5) is 13.3. The van der Waals surface area contributed by atoms with Crippen LogP contribution in [0.5, 0.6) is 5.75 Å². The summed E-state index contributed by atoms with van der Waals surface area (Å²) < 4.78 is 5.13. The van der Waals surface area contributed by atoms with E-state index in [2.05, 4.69) is 11.8 Å². The summed E-state index contributed by atoms with van der Waals surface area (Å²) in [5, 5.41) is 9.21. The van der Waals surface area contributed by atoms with Gasteiger partial charge in [-0.1, -0.05) is 12.1 Å². The molecule has 0 radical (unpaired) electrons. The van der Waals surface area contributed by atoms with E-state index in [1.807, 2.05) is 24.3 Å². The van der Waals surface area contributed by atoms with E-state index in [0.717, 1.165) is 31.6 Å². The van der Waals surface area contributed by atoms with Crippen molar-refractivity contribution in [3.63, 3.8) is 0 Å². The molecule has 2 unspecified atom stereocenters. The standard InChI is InChI=1S/C15H21NO3/c1-11(16-9-3-4-14(16)15(17)18)10-12-5-7-13(19-2)8-6-12/h5-8,11,14H,3-4,9-10H2,1-2H3,(H,17,18). The molecule has 1 aliphatic rings. The summed E-state index contributed by atoms with van der Waals surface area (Å²) in [5.74, 6) is 0.153. The zero-order chi connectivity index (χ0) is 13.8. The maximum Gasteiger partial charge on any atom is 0.320 e. The molecule has 1 aromatic carbocycles. The van der Waals surface area contributed by atoms with E-state index in [4.69, 9.17) is 4.74 Å². The molecule has 19 heavy (non-hydrogen) atoms. The van der Waals surface area contributed by atoms with Crippen LogP contribution in [-0.4, -0.2) is 41.7 Å². The molecule has 1 heterocycles. The number of ether oxygens (including phenoxy) is 1. The highest BCUT2D eigenvalue weighted by Gasteiger charge is 2.33. The zero-order valence-electron chi connectivity index (χ0n) is 11.5. The van der Waals surface area contributed by atoms with Gasteiger partial charge in [-0.15, -0.1) is 0 Å². The minimum atomic E-state index is -0.695. The molecular weight excluding hydrogens is 242 g/mol. The number of aliphatic carboxylic acids is 1. The number of likely N-dealkylation sites (tertiary alicyclic amines) is 1. The van der Waals surface area contributed by atoms with Gasteiger partial charge in [-0.3, -0.25) is 9.69 Å². The fourth-order valence-electron chi connectivity index (χ4n) is 2.80. The number of benzene rings is 1. The number of rotatable bonds is 5. The van der Waals surface area contributed by atoms with Crippen LogP contribution >= 0.6 is 0 Å². The predicted octanol–water partition coefficient (Wildman–Crippen LogP) is 2.18. The Labute approximate surface area is 114 Å². The maximum absolute atomic E-state index is 11.2. The molecule has 1 N–H and O–H groups in total. The van der Waals surface area contributed by atoms with Crippen LogP contribution in [-0.2, 0) is 11.2 Å². The minimum Gasteiger partial charge on any atom is -0.497 e. The summed E-state index contributed by atoms with van der Waals surface area (Å²) in [6, 6.07) is 7.91. The van der Waals surface area contributed by atoms with Gasteiger partial charge in [-0.05, 0) is 50.4 Å². The van der Waals surface area contributed by atoms with Crippen molar-refractivity contribution < 1.29 is 14.6 Å². The van der Waals surface area contributed by atoms with E-state index in [1.165, 1.54) is 5.56 Å². The second-order valence-electron chi connectivity index (χ2n) is 5.14. The number of nitrogens with zero attached hydrogens (tertiary/aromatic N) is 1. The Hall–Kier alpha value is -1.55. The molecule has 104 valence electrons. The third-order valence-electron chi connectivity index (χ3n) is 3.84. The molecule has 2 atom stereocenters. The average molecular weight is 263 g/mol. The molecule has 0 aliphatic carbocycles. The van der Waals surface area contributed by atoms with Crippen molar-refractivity contribution in [2.75, 3.05) is 13.7 Å². The van der Waals surface area contributed by atoms with Crippen LogP contribution in [0.1, 0.15) is 25.3 Å². The van der Waals surface area contributed by atoms with Crippen molar-refractivity contribution in [1.82, 2.24) is 4.90 Å².